The van der Waals surface area contributed by atoms with Crippen LogP contribution in [-0.2, 0) is 4.79 Å². The van der Waals surface area contributed by atoms with Gasteiger partial charge in [0.1, 0.15) is 17.2 Å². The number of carbonyl (C=O) groups excluding carboxylic acids is 2. The molecule has 0 unspecified atom stereocenters. The Hall–Kier alpha value is -1.98. The van der Waals surface area contributed by atoms with Gasteiger partial charge in [0.15, 0.2) is 0 Å². The van der Waals surface area contributed by atoms with E-state index in [4.69, 9.17) is 0 Å². The average Bonchev–Trinajstić information content (AvgIpc) is 2.52. The first-order chi connectivity index (χ1) is 10.9. The first kappa shape index (κ1) is 17.4. The normalized spacial score (nSPS) is 18.1. The number of piperidine rings is 1. The van der Waals surface area contributed by atoms with Crippen molar-refractivity contribution in [2.24, 2.45) is 11.8 Å². The van der Waals surface area contributed by atoms with Gasteiger partial charge in [-0.2, -0.15) is 0 Å². The molecule has 2 amide bonds. The van der Waals surface area contributed by atoms with Crippen molar-refractivity contribution in [3.63, 3.8) is 0 Å². The molecule has 1 aromatic rings. The van der Waals surface area contributed by atoms with E-state index >= 15 is 0 Å². The Kier molecular flexibility index (Phi) is 5.69. The molecule has 1 fully saturated rings. The molecule has 126 valence electrons. The molecule has 1 heterocycles. The molecule has 6 heteroatoms. The highest BCUT2D eigenvalue weighted by atomic mass is 19.1. The maximum absolute atomic E-state index is 13.8. The quantitative estimate of drug-likeness (QED) is 0.925. The second kappa shape index (κ2) is 7.53. The van der Waals surface area contributed by atoms with Crippen LogP contribution in [0.5, 0.6) is 0 Å². The summed E-state index contributed by atoms with van der Waals surface area (Å²) >= 11 is 0. The molecule has 1 saturated heterocycles. The Morgan fingerprint density at radius 3 is 2.57 bits per heavy atom. The molecule has 1 atom stereocenters. The molecule has 0 radical (unpaired) electrons. The number of carbonyl (C=O) groups is 2. The van der Waals surface area contributed by atoms with Gasteiger partial charge >= 0.3 is 0 Å². The van der Waals surface area contributed by atoms with Crippen LogP contribution in [0.1, 0.15) is 37.0 Å². The van der Waals surface area contributed by atoms with Crippen molar-refractivity contribution in [2.45, 2.75) is 26.7 Å². The number of rotatable bonds is 4. The summed E-state index contributed by atoms with van der Waals surface area (Å²) in [7, 11) is 0. The van der Waals surface area contributed by atoms with Gasteiger partial charge in [0.05, 0.1) is 0 Å². The van der Waals surface area contributed by atoms with Crippen LogP contribution in [0.3, 0.4) is 0 Å². The molecule has 1 aliphatic heterocycles. The number of hydrogen-bond donors (Lipinski definition) is 1. The third-order valence-corrected chi connectivity index (χ3v) is 4.07. The zero-order valence-corrected chi connectivity index (χ0v) is 13.4. The smallest absolute Gasteiger partial charge is 0.259 e. The minimum Gasteiger partial charge on any atom is -0.356 e. The van der Waals surface area contributed by atoms with E-state index in [-0.39, 0.29) is 17.7 Å². The molecule has 0 aliphatic carbocycles. The van der Waals surface area contributed by atoms with Gasteiger partial charge in [0.25, 0.3) is 5.91 Å². The van der Waals surface area contributed by atoms with Crippen LogP contribution in [0.15, 0.2) is 18.2 Å². The van der Waals surface area contributed by atoms with E-state index in [1.165, 1.54) is 11.0 Å². The molecule has 1 N–H and O–H groups in total. The molecule has 2 rings (SSSR count). The van der Waals surface area contributed by atoms with Crippen LogP contribution >= 0.6 is 0 Å². The van der Waals surface area contributed by atoms with E-state index in [1.807, 2.05) is 13.8 Å². The van der Waals surface area contributed by atoms with Gasteiger partial charge in [0.2, 0.25) is 5.91 Å². The van der Waals surface area contributed by atoms with Crippen LogP contribution in [0.4, 0.5) is 8.78 Å². The highest BCUT2D eigenvalue weighted by Crippen LogP contribution is 2.21. The molecule has 23 heavy (non-hydrogen) atoms. The van der Waals surface area contributed by atoms with Crippen LogP contribution in [0.25, 0.3) is 0 Å². The minimum absolute atomic E-state index is 0.0337. The monoisotopic (exact) mass is 324 g/mol. The standard InChI is InChI=1S/C17H22F2N2O2/c1-11(2)16(22)20-9-12-5-4-8-21(10-12)17(23)15-13(18)6-3-7-14(15)19/h3,6-7,11-12H,4-5,8-10H2,1-2H3,(H,20,22)/t12-/m0/s1. The van der Waals surface area contributed by atoms with Gasteiger partial charge in [-0.15, -0.1) is 0 Å². The second-order valence-corrected chi connectivity index (χ2v) is 6.26. The zero-order valence-electron chi connectivity index (χ0n) is 13.4. The SMILES string of the molecule is CC(C)C(=O)NC[C@@H]1CCCN(C(=O)c2c(F)cccc2F)C1. The lowest BCUT2D eigenvalue weighted by Crippen LogP contribution is -2.44. The van der Waals surface area contributed by atoms with Crippen molar-refractivity contribution < 1.29 is 18.4 Å². The Morgan fingerprint density at radius 1 is 1.30 bits per heavy atom. The topological polar surface area (TPSA) is 49.4 Å². The third-order valence-electron chi connectivity index (χ3n) is 4.07. The molecule has 0 spiro atoms. The summed E-state index contributed by atoms with van der Waals surface area (Å²) in [4.78, 5) is 25.5. The lowest BCUT2D eigenvalue weighted by Gasteiger charge is -2.33. The lowest BCUT2D eigenvalue weighted by molar-refractivity contribution is -0.124. The van der Waals surface area contributed by atoms with Crippen molar-refractivity contribution in [3.05, 3.63) is 35.4 Å². The summed E-state index contributed by atoms with van der Waals surface area (Å²) in [5.74, 6) is -2.33. The van der Waals surface area contributed by atoms with Gasteiger partial charge in [0, 0.05) is 25.6 Å². The lowest BCUT2D eigenvalue weighted by atomic mass is 9.97. The second-order valence-electron chi connectivity index (χ2n) is 6.26. The Balaban J connectivity index is 2.00. The Bertz CT molecular complexity index is 570. The number of nitrogens with one attached hydrogen (secondary N) is 1. The van der Waals surface area contributed by atoms with E-state index in [9.17, 15) is 18.4 Å². The summed E-state index contributed by atoms with van der Waals surface area (Å²) in [6, 6.07) is 3.41. The summed E-state index contributed by atoms with van der Waals surface area (Å²) in [6.07, 6.45) is 1.63. The fourth-order valence-corrected chi connectivity index (χ4v) is 2.73. The highest BCUT2D eigenvalue weighted by molar-refractivity contribution is 5.94. The predicted molar refractivity (Wildman–Crippen MR) is 82.8 cm³/mol. The highest BCUT2D eigenvalue weighted by Gasteiger charge is 2.28. The van der Waals surface area contributed by atoms with Crippen molar-refractivity contribution in [3.8, 4) is 0 Å². The number of benzene rings is 1. The maximum atomic E-state index is 13.8. The molecular formula is C17H22F2N2O2. The van der Waals surface area contributed by atoms with E-state index in [0.29, 0.717) is 19.6 Å². The largest absolute Gasteiger partial charge is 0.356 e. The molecule has 0 aromatic heterocycles. The minimum atomic E-state index is -0.842. The summed E-state index contributed by atoms with van der Waals surface area (Å²) in [6.45, 7) is 4.97. The predicted octanol–water partition coefficient (Wildman–Crippen LogP) is 2.59. The molecule has 1 aliphatic rings. The molecule has 4 nitrogen and oxygen atoms in total. The van der Waals surface area contributed by atoms with E-state index in [0.717, 1.165) is 25.0 Å². The number of nitrogens with zero attached hydrogens (tertiary/aromatic N) is 1. The van der Waals surface area contributed by atoms with Crippen molar-refractivity contribution in [2.75, 3.05) is 19.6 Å². The van der Waals surface area contributed by atoms with Crippen molar-refractivity contribution in [1.82, 2.24) is 10.2 Å². The first-order valence-corrected chi connectivity index (χ1v) is 7.91. The maximum Gasteiger partial charge on any atom is 0.259 e. The summed E-state index contributed by atoms with van der Waals surface area (Å²) < 4.78 is 27.5. The molecule has 0 saturated carbocycles. The number of amides is 2. The van der Waals surface area contributed by atoms with Crippen LogP contribution < -0.4 is 5.32 Å². The molecule has 0 bridgehead atoms. The van der Waals surface area contributed by atoms with Crippen molar-refractivity contribution in [1.29, 1.82) is 0 Å². The van der Waals surface area contributed by atoms with Crippen LogP contribution in [0.2, 0.25) is 0 Å². The Labute approximate surface area is 134 Å². The van der Waals surface area contributed by atoms with E-state index in [2.05, 4.69) is 5.32 Å². The zero-order chi connectivity index (χ0) is 17.0. The van der Waals surface area contributed by atoms with Crippen LogP contribution in [-0.4, -0.2) is 36.3 Å². The number of likely N-dealkylation sites (tertiary alicyclic amines) is 1. The van der Waals surface area contributed by atoms with Gasteiger partial charge in [-0.05, 0) is 30.9 Å². The fourth-order valence-electron chi connectivity index (χ4n) is 2.73. The molecular weight excluding hydrogens is 302 g/mol. The van der Waals surface area contributed by atoms with E-state index in [1.54, 1.807) is 0 Å². The van der Waals surface area contributed by atoms with Gasteiger partial charge in [-0.25, -0.2) is 8.78 Å². The number of hydrogen-bond acceptors (Lipinski definition) is 2. The van der Waals surface area contributed by atoms with E-state index < -0.39 is 23.1 Å². The molecule has 1 aromatic carbocycles. The third kappa shape index (κ3) is 4.27. The average molecular weight is 324 g/mol. The van der Waals surface area contributed by atoms with Gasteiger partial charge in [-0.3, -0.25) is 9.59 Å². The Morgan fingerprint density at radius 2 is 1.96 bits per heavy atom. The van der Waals surface area contributed by atoms with Crippen molar-refractivity contribution >= 4 is 11.8 Å². The summed E-state index contributed by atoms with van der Waals surface area (Å²) in [5, 5.41) is 2.85. The number of halogens is 2. The van der Waals surface area contributed by atoms with Gasteiger partial charge in [-0.1, -0.05) is 19.9 Å². The van der Waals surface area contributed by atoms with Crippen LogP contribution in [0, 0.1) is 23.5 Å². The summed E-state index contributed by atoms with van der Waals surface area (Å²) in [5.41, 5.74) is -0.501. The van der Waals surface area contributed by atoms with Gasteiger partial charge < -0.3 is 10.2 Å². The first-order valence-electron chi connectivity index (χ1n) is 7.91. The fraction of sp³-hybridized carbons (Fsp3) is 0.529.